The number of nitrogens with zero attached hydrogens (tertiary/aromatic N) is 2. The average molecular weight is 141 g/mol. The lowest BCUT2D eigenvalue weighted by Gasteiger charge is -2.34. The van der Waals surface area contributed by atoms with Gasteiger partial charge < -0.3 is 4.90 Å². The fourth-order valence-electron chi connectivity index (χ4n) is 1.04. The molecule has 0 unspecified atom stereocenters. The Labute approximate surface area is 62.3 Å². The predicted molar refractivity (Wildman–Crippen MR) is 42.4 cm³/mol. The lowest BCUT2D eigenvalue weighted by atomic mass is 10.3. The van der Waals surface area contributed by atoms with E-state index in [1.807, 2.05) is 7.05 Å². The highest BCUT2D eigenvalue weighted by Crippen LogP contribution is 2.05. The first-order valence-electron chi connectivity index (χ1n) is 3.55. The molecule has 1 aliphatic rings. The van der Waals surface area contributed by atoms with Gasteiger partial charge >= 0.3 is 0 Å². The van der Waals surface area contributed by atoms with Gasteiger partial charge in [-0.15, -0.1) is 0 Å². The van der Waals surface area contributed by atoms with Crippen LogP contribution in [0, 0.1) is 0 Å². The van der Waals surface area contributed by atoms with Crippen molar-refractivity contribution in [3.05, 3.63) is 12.3 Å². The quantitative estimate of drug-likeness (QED) is 0.549. The number of hydrogen-bond donors (Lipinski definition) is 1. The summed E-state index contributed by atoms with van der Waals surface area (Å²) in [5.41, 5.74) is 4.28. The molecule has 1 N–H and O–H groups in total. The van der Waals surface area contributed by atoms with Crippen molar-refractivity contribution in [3.63, 3.8) is 0 Å². The molecule has 0 atom stereocenters. The number of rotatable bonds is 1. The van der Waals surface area contributed by atoms with Gasteiger partial charge in [-0.2, -0.15) is 0 Å². The SMILES string of the molecule is C=C1CN(NC)CCN1C. The summed E-state index contributed by atoms with van der Waals surface area (Å²) < 4.78 is 0. The van der Waals surface area contributed by atoms with Gasteiger partial charge in [-0.25, -0.2) is 5.01 Å². The molecular formula is C7H15N3. The summed E-state index contributed by atoms with van der Waals surface area (Å²) >= 11 is 0. The maximum atomic E-state index is 3.94. The highest BCUT2D eigenvalue weighted by Gasteiger charge is 2.13. The minimum Gasteiger partial charge on any atom is -0.376 e. The average Bonchev–Trinajstić information content (AvgIpc) is 1.95. The summed E-state index contributed by atoms with van der Waals surface area (Å²) in [6.07, 6.45) is 0. The monoisotopic (exact) mass is 141 g/mol. The van der Waals surface area contributed by atoms with E-state index >= 15 is 0 Å². The number of hydrazine groups is 1. The molecule has 3 nitrogen and oxygen atoms in total. The molecule has 0 radical (unpaired) electrons. The fourth-order valence-corrected chi connectivity index (χ4v) is 1.04. The summed E-state index contributed by atoms with van der Waals surface area (Å²) in [6, 6.07) is 0. The standard InChI is InChI=1S/C7H15N3/c1-7-6-10(8-2)5-4-9(7)3/h8H,1,4-6H2,2-3H3. The van der Waals surface area contributed by atoms with Crippen LogP contribution in [-0.4, -0.2) is 43.6 Å². The van der Waals surface area contributed by atoms with Gasteiger partial charge in [-0.1, -0.05) is 6.58 Å². The maximum absolute atomic E-state index is 3.94. The highest BCUT2D eigenvalue weighted by molar-refractivity contribution is 4.98. The minimum atomic E-state index is 0.938. The Morgan fingerprint density at radius 2 is 2.20 bits per heavy atom. The van der Waals surface area contributed by atoms with E-state index in [1.165, 1.54) is 5.70 Å². The first kappa shape index (κ1) is 7.57. The van der Waals surface area contributed by atoms with Crippen LogP contribution in [0.2, 0.25) is 0 Å². The second-order valence-electron chi connectivity index (χ2n) is 2.63. The van der Waals surface area contributed by atoms with Gasteiger partial charge in [0.15, 0.2) is 0 Å². The third-order valence-electron chi connectivity index (χ3n) is 1.93. The largest absolute Gasteiger partial charge is 0.376 e. The van der Waals surface area contributed by atoms with Gasteiger partial charge in [0.1, 0.15) is 0 Å². The summed E-state index contributed by atoms with van der Waals surface area (Å²) in [5.74, 6) is 0. The van der Waals surface area contributed by atoms with E-state index in [2.05, 4.69) is 29.0 Å². The normalized spacial score (nSPS) is 21.8. The molecule has 0 saturated carbocycles. The zero-order valence-electron chi connectivity index (χ0n) is 6.72. The van der Waals surface area contributed by atoms with E-state index in [1.54, 1.807) is 0 Å². The summed E-state index contributed by atoms with van der Waals surface area (Å²) in [7, 11) is 4.02. The van der Waals surface area contributed by atoms with Crippen LogP contribution in [0.3, 0.4) is 0 Å². The Morgan fingerprint density at radius 3 is 2.70 bits per heavy atom. The topological polar surface area (TPSA) is 18.5 Å². The van der Waals surface area contributed by atoms with Crippen molar-refractivity contribution in [1.29, 1.82) is 0 Å². The number of nitrogens with one attached hydrogen (secondary N) is 1. The van der Waals surface area contributed by atoms with Crippen LogP contribution < -0.4 is 5.43 Å². The van der Waals surface area contributed by atoms with Gasteiger partial charge in [0.05, 0.1) is 6.54 Å². The summed E-state index contributed by atoms with van der Waals surface area (Å²) in [4.78, 5) is 2.19. The van der Waals surface area contributed by atoms with E-state index in [0.29, 0.717) is 0 Å². The molecule has 0 aromatic rings. The molecule has 0 amide bonds. The van der Waals surface area contributed by atoms with Crippen LogP contribution in [0.4, 0.5) is 0 Å². The molecule has 1 fully saturated rings. The minimum absolute atomic E-state index is 0.938. The zero-order valence-corrected chi connectivity index (χ0v) is 6.72. The van der Waals surface area contributed by atoms with Gasteiger partial charge in [0.25, 0.3) is 0 Å². The van der Waals surface area contributed by atoms with Crippen molar-refractivity contribution >= 4 is 0 Å². The molecule has 10 heavy (non-hydrogen) atoms. The molecule has 0 aromatic carbocycles. The predicted octanol–water partition coefficient (Wildman–Crippen LogP) is -0.118. The lowest BCUT2D eigenvalue weighted by Crippen LogP contribution is -2.47. The first-order valence-corrected chi connectivity index (χ1v) is 3.55. The van der Waals surface area contributed by atoms with Crippen molar-refractivity contribution in [3.8, 4) is 0 Å². The van der Waals surface area contributed by atoms with E-state index in [0.717, 1.165) is 19.6 Å². The molecule has 0 aliphatic carbocycles. The van der Waals surface area contributed by atoms with E-state index in [4.69, 9.17) is 0 Å². The van der Waals surface area contributed by atoms with Crippen molar-refractivity contribution in [1.82, 2.24) is 15.3 Å². The third kappa shape index (κ3) is 1.49. The molecule has 1 rings (SSSR count). The van der Waals surface area contributed by atoms with Crippen molar-refractivity contribution in [2.75, 3.05) is 33.7 Å². The molecule has 1 saturated heterocycles. The zero-order chi connectivity index (χ0) is 7.56. The van der Waals surface area contributed by atoms with E-state index < -0.39 is 0 Å². The number of hydrogen-bond acceptors (Lipinski definition) is 3. The van der Waals surface area contributed by atoms with Crippen molar-refractivity contribution < 1.29 is 0 Å². The number of likely N-dealkylation sites (N-methyl/N-ethyl adjacent to an activating group) is 1. The van der Waals surface area contributed by atoms with Crippen LogP contribution in [0.25, 0.3) is 0 Å². The second kappa shape index (κ2) is 3.03. The highest BCUT2D eigenvalue weighted by atomic mass is 15.5. The lowest BCUT2D eigenvalue weighted by molar-refractivity contribution is 0.152. The second-order valence-corrected chi connectivity index (χ2v) is 2.63. The summed E-state index contributed by atoms with van der Waals surface area (Å²) in [5, 5.41) is 2.16. The van der Waals surface area contributed by atoms with Gasteiger partial charge in [0.2, 0.25) is 0 Å². The van der Waals surface area contributed by atoms with Crippen LogP contribution in [0.15, 0.2) is 12.3 Å². The first-order chi connectivity index (χ1) is 4.74. The number of piperazine rings is 1. The Kier molecular flexibility index (Phi) is 2.29. The van der Waals surface area contributed by atoms with Crippen molar-refractivity contribution in [2.45, 2.75) is 0 Å². The van der Waals surface area contributed by atoms with Crippen LogP contribution in [0.5, 0.6) is 0 Å². The third-order valence-corrected chi connectivity index (χ3v) is 1.93. The Bertz CT molecular complexity index is 133. The molecule has 3 heteroatoms. The smallest absolute Gasteiger partial charge is 0.0526 e. The molecule has 1 aliphatic heterocycles. The molecular weight excluding hydrogens is 126 g/mol. The van der Waals surface area contributed by atoms with Crippen LogP contribution in [0.1, 0.15) is 0 Å². The van der Waals surface area contributed by atoms with Gasteiger partial charge in [0, 0.05) is 25.8 Å². The summed E-state index contributed by atoms with van der Waals surface area (Å²) in [6.45, 7) is 7.02. The molecule has 0 bridgehead atoms. The Balaban J connectivity index is 2.41. The molecule has 58 valence electrons. The molecule has 0 aromatic heterocycles. The van der Waals surface area contributed by atoms with E-state index in [9.17, 15) is 0 Å². The van der Waals surface area contributed by atoms with Crippen LogP contribution >= 0.6 is 0 Å². The Morgan fingerprint density at radius 1 is 1.50 bits per heavy atom. The fraction of sp³-hybridized carbons (Fsp3) is 0.714. The van der Waals surface area contributed by atoms with Crippen LogP contribution in [-0.2, 0) is 0 Å². The van der Waals surface area contributed by atoms with Crippen molar-refractivity contribution in [2.24, 2.45) is 0 Å². The van der Waals surface area contributed by atoms with E-state index in [-0.39, 0.29) is 0 Å². The molecule has 0 spiro atoms. The van der Waals surface area contributed by atoms with Gasteiger partial charge in [-0.05, 0) is 7.05 Å². The van der Waals surface area contributed by atoms with Gasteiger partial charge in [-0.3, -0.25) is 5.43 Å². The maximum Gasteiger partial charge on any atom is 0.0526 e. The Hall–Kier alpha value is -0.540. The molecule has 1 heterocycles.